The average Bonchev–Trinajstić information content (AvgIpc) is 2.20. The maximum atomic E-state index is 8.58. The van der Waals surface area contributed by atoms with Crippen molar-refractivity contribution in [3.63, 3.8) is 0 Å². The fraction of sp³-hybridized carbons (Fsp3) is 0.500. The van der Waals surface area contributed by atoms with Crippen LogP contribution >= 0.6 is 11.6 Å². The van der Waals surface area contributed by atoms with Crippen LogP contribution in [0.2, 0.25) is 5.02 Å². The van der Waals surface area contributed by atoms with Crippen LogP contribution in [0.4, 0.5) is 5.69 Å². The minimum Gasteiger partial charge on any atom is -0.396 e. The van der Waals surface area contributed by atoms with Crippen LogP contribution < -0.4 is 5.32 Å². The number of hydrogen-bond donors (Lipinski definition) is 2. The SMILES string of the molecule is OCCCCCNc1ccncc1Cl. The third-order valence-electron chi connectivity index (χ3n) is 1.92. The van der Waals surface area contributed by atoms with Gasteiger partial charge < -0.3 is 10.4 Å². The Labute approximate surface area is 89.1 Å². The molecule has 0 atom stereocenters. The van der Waals surface area contributed by atoms with E-state index in [0.717, 1.165) is 31.5 Å². The molecule has 0 amide bonds. The van der Waals surface area contributed by atoms with Crippen molar-refractivity contribution in [1.29, 1.82) is 0 Å². The van der Waals surface area contributed by atoms with Crippen molar-refractivity contribution in [3.8, 4) is 0 Å². The van der Waals surface area contributed by atoms with Crippen molar-refractivity contribution in [2.45, 2.75) is 19.3 Å². The summed E-state index contributed by atoms with van der Waals surface area (Å²) in [4.78, 5) is 3.90. The number of aliphatic hydroxyl groups is 1. The number of nitrogens with zero attached hydrogens (tertiary/aromatic N) is 1. The molecule has 1 heterocycles. The molecular formula is C10H15ClN2O. The molecule has 3 nitrogen and oxygen atoms in total. The Bertz CT molecular complexity index is 268. The van der Waals surface area contributed by atoms with Crippen molar-refractivity contribution in [1.82, 2.24) is 4.98 Å². The summed E-state index contributed by atoms with van der Waals surface area (Å²) in [5, 5.41) is 12.4. The number of pyridine rings is 1. The first-order valence-corrected chi connectivity index (χ1v) is 5.16. The lowest BCUT2D eigenvalue weighted by Gasteiger charge is -2.06. The minimum atomic E-state index is 0.274. The lowest BCUT2D eigenvalue weighted by atomic mass is 10.2. The number of unbranched alkanes of at least 4 members (excludes halogenated alkanes) is 2. The van der Waals surface area contributed by atoms with E-state index in [1.807, 2.05) is 6.07 Å². The largest absolute Gasteiger partial charge is 0.396 e. The molecule has 0 aliphatic rings. The topological polar surface area (TPSA) is 45.1 Å². The van der Waals surface area contributed by atoms with Crippen LogP contribution in [-0.2, 0) is 0 Å². The smallest absolute Gasteiger partial charge is 0.0820 e. The van der Waals surface area contributed by atoms with Gasteiger partial charge in [-0.2, -0.15) is 0 Å². The number of hydrogen-bond acceptors (Lipinski definition) is 3. The Morgan fingerprint density at radius 2 is 2.21 bits per heavy atom. The zero-order chi connectivity index (χ0) is 10.2. The van der Waals surface area contributed by atoms with Gasteiger partial charge >= 0.3 is 0 Å². The predicted octanol–water partition coefficient (Wildman–Crippen LogP) is 2.31. The van der Waals surface area contributed by atoms with E-state index in [0.29, 0.717) is 5.02 Å². The number of aliphatic hydroxyl groups excluding tert-OH is 1. The second kappa shape index (κ2) is 6.62. The predicted molar refractivity (Wildman–Crippen MR) is 58.7 cm³/mol. The van der Waals surface area contributed by atoms with Crippen molar-refractivity contribution < 1.29 is 5.11 Å². The van der Waals surface area contributed by atoms with E-state index in [1.165, 1.54) is 0 Å². The molecule has 0 unspecified atom stereocenters. The molecule has 1 aromatic rings. The monoisotopic (exact) mass is 214 g/mol. The van der Waals surface area contributed by atoms with E-state index in [9.17, 15) is 0 Å². The van der Waals surface area contributed by atoms with Gasteiger partial charge in [-0.05, 0) is 25.3 Å². The number of rotatable bonds is 6. The van der Waals surface area contributed by atoms with Crippen molar-refractivity contribution >= 4 is 17.3 Å². The minimum absolute atomic E-state index is 0.274. The summed E-state index contributed by atoms with van der Waals surface area (Å²) in [6, 6.07) is 1.86. The molecule has 1 aromatic heterocycles. The second-order valence-electron chi connectivity index (χ2n) is 3.07. The molecule has 0 aliphatic carbocycles. The Morgan fingerprint density at radius 1 is 1.36 bits per heavy atom. The highest BCUT2D eigenvalue weighted by molar-refractivity contribution is 6.33. The number of halogens is 1. The molecule has 0 fully saturated rings. The molecule has 4 heteroatoms. The number of nitrogens with one attached hydrogen (secondary N) is 1. The first-order valence-electron chi connectivity index (χ1n) is 4.79. The Morgan fingerprint density at radius 3 is 2.93 bits per heavy atom. The van der Waals surface area contributed by atoms with Gasteiger partial charge in [0.1, 0.15) is 0 Å². The molecule has 78 valence electrons. The van der Waals surface area contributed by atoms with Crippen molar-refractivity contribution in [2.24, 2.45) is 0 Å². The fourth-order valence-corrected chi connectivity index (χ4v) is 1.34. The molecule has 14 heavy (non-hydrogen) atoms. The van der Waals surface area contributed by atoms with E-state index in [4.69, 9.17) is 16.7 Å². The highest BCUT2D eigenvalue weighted by Crippen LogP contribution is 2.18. The molecule has 0 saturated heterocycles. The summed E-state index contributed by atoms with van der Waals surface area (Å²) in [5.74, 6) is 0. The van der Waals surface area contributed by atoms with Crippen LogP contribution in [0.1, 0.15) is 19.3 Å². The van der Waals surface area contributed by atoms with Gasteiger partial charge in [0.25, 0.3) is 0 Å². The van der Waals surface area contributed by atoms with Crippen LogP contribution in [-0.4, -0.2) is 23.2 Å². The van der Waals surface area contributed by atoms with E-state index < -0.39 is 0 Å². The van der Waals surface area contributed by atoms with Crippen LogP contribution in [0, 0.1) is 0 Å². The summed E-state index contributed by atoms with van der Waals surface area (Å²) >= 11 is 5.90. The van der Waals surface area contributed by atoms with Crippen LogP contribution in [0.15, 0.2) is 18.5 Å². The third-order valence-corrected chi connectivity index (χ3v) is 2.22. The van der Waals surface area contributed by atoms with E-state index in [2.05, 4.69) is 10.3 Å². The fourth-order valence-electron chi connectivity index (χ4n) is 1.16. The van der Waals surface area contributed by atoms with E-state index >= 15 is 0 Å². The highest BCUT2D eigenvalue weighted by Gasteiger charge is 1.97. The van der Waals surface area contributed by atoms with Gasteiger partial charge in [0.05, 0.1) is 10.7 Å². The third kappa shape index (κ3) is 3.94. The van der Waals surface area contributed by atoms with Gasteiger partial charge in [0.15, 0.2) is 0 Å². The molecule has 0 aliphatic heterocycles. The summed E-state index contributed by atoms with van der Waals surface area (Å²) < 4.78 is 0. The van der Waals surface area contributed by atoms with Gasteiger partial charge in [0, 0.05) is 25.5 Å². The van der Waals surface area contributed by atoms with Gasteiger partial charge in [-0.3, -0.25) is 4.98 Å². The quantitative estimate of drug-likeness (QED) is 0.715. The molecule has 0 aromatic carbocycles. The molecule has 0 bridgehead atoms. The molecule has 1 rings (SSSR count). The van der Waals surface area contributed by atoms with Crippen molar-refractivity contribution in [3.05, 3.63) is 23.5 Å². The molecule has 0 radical (unpaired) electrons. The van der Waals surface area contributed by atoms with E-state index in [-0.39, 0.29) is 6.61 Å². The Hall–Kier alpha value is -0.800. The number of aromatic nitrogens is 1. The lowest BCUT2D eigenvalue weighted by Crippen LogP contribution is -2.02. The summed E-state index contributed by atoms with van der Waals surface area (Å²) in [5.41, 5.74) is 0.922. The zero-order valence-corrected chi connectivity index (χ0v) is 8.80. The van der Waals surface area contributed by atoms with Crippen molar-refractivity contribution in [2.75, 3.05) is 18.5 Å². The molecule has 0 spiro atoms. The van der Waals surface area contributed by atoms with Crippen LogP contribution in [0.5, 0.6) is 0 Å². The first-order chi connectivity index (χ1) is 6.84. The summed E-state index contributed by atoms with van der Waals surface area (Å²) in [7, 11) is 0. The lowest BCUT2D eigenvalue weighted by molar-refractivity contribution is 0.283. The average molecular weight is 215 g/mol. The normalized spacial score (nSPS) is 10.1. The van der Waals surface area contributed by atoms with Gasteiger partial charge in [-0.15, -0.1) is 0 Å². The maximum Gasteiger partial charge on any atom is 0.0820 e. The molecule has 2 N–H and O–H groups in total. The standard InChI is InChI=1S/C10H15ClN2O/c11-9-8-12-6-4-10(9)13-5-2-1-3-7-14/h4,6,8,14H,1-3,5,7H2,(H,12,13). The maximum absolute atomic E-state index is 8.58. The highest BCUT2D eigenvalue weighted by atomic mass is 35.5. The van der Waals surface area contributed by atoms with Crippen LogP contribution in [0.25, 0.3) is 0 Å². The van der Waals surface area contributed by atoms with Gasteiger partial charge in [0.2, 0.25) is 0 Å². The van der Waals surface area contributed by atoms with Crippen LogP contribution in [0.3, 0.4) is 0 Å². The van der Waals surface area contributed by atoms with Gasteiger partial charge in [-0.1, -0.05) is 11.6 Å². The van der Waals surface area contributed by atoms with Gasteiger partial charge in [-0.25, -0.2) is 0 Å². The number of anilines is 1. The second-order valence-corrected chi connectivity index (χ2v) is 3.47. The summed E-state index contributed by atoms with van der Waals surface area (Å²) in [6.07, 6.45) is 6.27. The first kappa shape index (κ1) is 11.3. The summed E-state index contributed by atoms with van der Waals surface area (Å²) in [6.45, 7) is 1.15. The van der Waals surface area contributed by atoms with E-state index in [1.54, 1.807) is 12.4 Å². The molecule has 0 saturated carbocycles. The molecular weight excluding hydrogens is 200 g/mol. The zero-order valence-electron chi connectivity index (χ0n) is 8.04. The Kier molecular flexibility index (Phi) is 5.33. The Balaban J connectivity index is 2.21.